The van der Waals surface area contributed by atoms with Gasteiger partial charge in [-0.3, -0.25) is 9.59 Å². The first-order chi connectivity index (χ1) is 13.5. The summed E-state index contributed by atoms with van der Waals surface area (Å²) in [5.41, 5.74) is 2.42. The van der Waals surface area contributed by atoms with Crippen LogP contribution >= 0.6 is 0 Å². The van der Waals surface area contributed by atoms with E-state index in [1.54, 1.807) is 6.07 Å². The molecular formula is C20H14FN5O2. The Balaban J connectivity index is 1.98. The molecule has 0 aliphatic heterocycles. The molecule has 0 fully saturated rings. The van der Waals surface area contributed by atoms with Crippen LogP contribution in [0.15, 0.2) is 64.5 Å². The lowest BCUT2D eigenvalue weighted by Crippen LogP contribution is -2.31. The summed E-state index contributed by atoms with van der Waals surface area (Å²) in [6.07, 6.45) is 1.45. The van der Waals surface area contributed by atoms with Crippen LogP contribution in [0.3, 0.4) is 0 Å². The molecule has 0 radical (unpaired) electrons. The summed E-state index contributed by atoms with van der Waals surface area (Å²) in [4.78, 5) is 25.0. The lowest BCUT2D eigenvalue weighted by molar-refractivity contribution is 0.0947. The summed E-state index contributed by atoms with van der Waals surface area (Å²) in [6.45, 7) is 1.46. The number of rotatable bonds is 4. The van der Waals surface area contributed by atoms with Crippen molar-refractivity contribution in [1.29, 1.82) is 5.26 Å². The summed E-state index contributed by atoms with van der Waals surface area (Å²) in [5, 5.41) is 17.3. The highest BCUT2D eigenvalue weighted by Crippen LogP contribution is 2.11. The van der Waals surface area contributed by atoms with Crippen LogP contribution in [0, 0.1) is 24.1 Å². The standard InChI is InChI=1S/C20H14FN5O2/c1-13-17(11-22)20(28)26(16-9-7-15(21)8-10-16)25-18(13)19(27)24-23-12-14-5-3-2-4-6-14/h2-10,12H,1H3,(H,24,27)/b23-12+. The van der Waals surface area contributed by atoms with Crippen molar-refractivity contribution in [3.8, 4) is 11.8 Å². The minimum atomic E-state index is -0.698. The van der Waals surface area contributed by atoms with Gasteiger partial charge in [-0.15, -0.1) is 0 Å². The highest BCUT2D eigenvalue weighted by Gasteiger charge is 2.20. The normalized spacial score (nSPS) is 10.6. The van der Waals surface area contributed by atoms with E-state index in [9.17, 15) is 19.2 Å². The quantitative estimate of drug-likeness (QED) is 0.559. The first kappa shape index (κ1) is 18.7. The smallest absolute Gasteiger partial charge is 0.266 e. The number of benzene rings is 2. The molecule has 28 heavy (non-hydrogen) atoms. The fourth-order valence-corrected chi connectivity index (χ4v) is 2.47. The molecule has 0 saturated carbocycles. The largest absolute Gasteiger partial charge is 0.292 e. The van der Waals surface area contributed by atoms with Crippen LogP contribution in [0.4, 0.5) is 4.39 Å². The molecule has 0 atom stereocenters. The molecule has 0 unspecified atom stereocenters. The van der Waals surface area contributed by atoms with Crippen LogP contribution in [0.2, 0.25) is 0 Å². The maximum atomic E-state index is 13.2. The zero-order chi connectivity index (χ0) is 20.1. The lowest BCUT2D eigenvalue weighted by atomic mass is 10.1. The van der Waals surface area contributed by atoms with E-state index < -0.39 is 17.3 Å². The van der Waals surface area contributed by atoms with Crippen molar-refractivity contribution < 1.29 is 9.18 Å². The highest BCUT2D eigenvalue weighted by atomic mass is 19.1. The fraction of sp³-hybridized carbons (Fsp3) is 0.0500. The third kappa shape index (κ3) is 3.83. The number of amides is 1. The molecule has 7 nitrogen and oxygen atoms in total. The fourth-order valence-electron chi connectivity index (χ4n) is 2.47. The molecule has 0 aliphatic carbocycles. The van der Waals surface area contributed by atoms with Crippen molar-refractivity contribution in [2.24, 2.45) is 5.10 Å². The number of aromatic nitrogens is 2. The van der Waals surface area contributed by atoms with Crippen molar-refractivity contribution >= 4 is 12.1 Å². The Morgan fingerprint density at radius 2 is 1.89 bits per heavy atom. The van der Waals surface area contributed by atoms with Crippen LogP contribution in [-0.4, -0.2) is 21.9 Å². The van der Waals surface area contributed by atoms with Crippen molar-refractivity contribution in [3.05, 3.63) is 93.2 Å². The van der Waals surface area contributed by atoms with Crippen LogP contribution < -0.4 is 11.0 Å². The van der Waals surface area contributed by atoms with Crippen molar-refractivity contribution in [2.45, 2.75) is 6.92 Å². The van der Waals surface area contributed by atoms with E-state index >= 15 is 0 Å². The number of hydrogen-bond donors (Lipinski definition) is 1. The Morgan fingerprint density at radius 3 is 2.54 bits per heavy atom. The Labute approximate surface area is 159 Å². The van der Waals surface area contributed by atoms with E-state index in [0.29, 0.717) is 0 Å². The van der Waals surface area contributed by atoms with Gasteiger partial charge in [0.15, 0.2) is 5.69 Å². The average Bonchev–Trinajstić information content (AvgIpc) is 2.70. The van der Waals surface area contributed by atoms with E-state index in [2.05, 4.69) is 15.6 Å². The topological polar surface area (TPSA) is 100 Å². The van der Waals surface area contributed by atoms with Gasteiger partial charge < -0.3 is 0 Å². The zero-order valence-corrected chi connectivity index (χ0v) is 14.8. The molecule has 2 aromatic carbocycles. The summed E-state index contributed by atoms with van der Waals surface area (Å²) in [6, 6.07) is 15.9. The van der Waals surface area contributed by atoms with Crippen molar-refractivity contribution in [2.75, 3.05) is 0 Å². The summed E-state index contributed by atoms with van der Waals surface area (Å²) < 4.78 is 14.0. The van der Waals surface area contributed by atoms with E-state index in [-0.39, 0.29) is 22.5 Å². The molecule has 8 heteroatoms. The van der Waals surface area contributed by atoms with Crippen LogP contribution in [0.25, 0.3) is 5.69 Å². The lowest BCUT2D eigenvalue weighted by Gasteiger charge is -2.10. The molecular weight excluding hydrogens is 361 g/mol. The second-order valence-corrected chi connectivity index (χ2v) is 5.76. The number of halogens is 1. The van der Waals surface area contributed by atoms with Gasteiger partial charge in [-0.1, -0.05) is 30.3 Å². The predicted octanol–water partition coefficient (Wildman–Crippen LogP) is 2.32. The Kier molecular flexibility index (Phi) is 5.37. The molecule has 0 aliphatic rings. The van der Waals surface area contributed by atoms with Gasteiger partial charge in [0.1, 0.15) is 17.4 Å². The molecule has 138 valence electrons. The number of nitrogens with one attached hydrogen (secondary N) is 1. The molecule has 1 aromatic heterocycles. The number of hydrogen-bond acceptors (Lipinski definition) is 5. The third-order valence-corrected chi connectivity index (χ3v) is 3.91. The summed E-state index contributed by atoms with van der Waals surface area (Å²) >= 11 is 0. The number of nitrogens with zero attached hydrogens (tertiary/aromatic N) is 4. The first-order valence-corrected chi connectivity index (χ1v) is 8.19. The Bertz CT molecular complexity index is 1150. The molecule has 0 saturated heterocycles. The maximum Gasteiger partial charge on any atom is 0.292 e. The van der Waals surface area contributed by atoms with E-state index in [0.717, 1.165) is 22.4 Å². The minimum Gasteiger partial charge on any atom is -0.266 e. The number of hydrazone groups is 1. The summed E-state index contributed by atoms with van der Waals surface area (Å²) in [5.74, 6) is -1.17. The van der Waals surface area contributed by atoms with Gasteiger partial charge in [0.25, 0.3) is 11.5 Å². The van der Waals surface area contributed by atoms with Gasteiger partial charge in [-0.2, -0.15) is 20.1 Å². The predicted molar refractivity (Wildman–Crippen MR) is 101 cm³/mol. The summed E-state index contributed by atoms with van der Waals surface area (Å²) in [7, 11) is 0. The Morgan fingerprint density at radius 1 is 1.21 bits per heavy atom. The monoisotopic (exact) mass is 375 g/mol. The van der Waals surface area contributed by atoms with Gasteiger partial charge in [0.2, 0.25) is 0 Å². The van der Waals surface area contributed by atoms with Gasteiger partial charge in [-0.25, -0.2) is 9.82 Å². The van der Waals surface area contributed by atoms with Gasteiger partial charge in [-0.05, 0) is 36.8 Å². The van der Waals surface area contributed by atoms with Crippen LogP contribution in [0.5, 0.6) is 0 Å². The van der Waals surface area contributed by atoms with E-state index in [1.165, 1.54) is 25.3 Å². The van der Waals surface area contributed by atoms with Crippen molar-refractivity contribution in [1.82, 2.24) is 15.2 Å². The van der Waals surface area contributed by atoms with E-state index in [1.807, 2.05) is 30.3 Å². The number of carbonyl (C=O) groups is 1. The third-order valence-electron chi connectivity index (χ3n) is 3.91. The SMILES string of the molecule is Cc1c(C(=O)N/N=C/c2ccccc2)nn(-c2ccc(F)cc2)c(=O)c1C#N. The van der Waals surface area contributed by atoms with Crippen LogP contribution in [0.1, 0.15) is 27.2 Å². The molecule has 1 N–H and O–H groups in total. The molecule has 3 aromatic rings. The Hall–Kier alpha value is -4.12. The molecule has 1 amide bonds. The molecule has 1 heterocycles. The van der Waals surface area contributed by atoms with Gasteiger partial charge >= 0.3 is 0 Å². The minimum absolute atomic E-state index is 0.134. The number of carbonyl (C=O) groups excluding carboxylic acids is 1. The first-order valence-electron chi connectivity index (χ1n) is 8.19. The van der Waals surface area contributed by atoms with Gasteiger partial charge in [0, 0.05) is 5.56 Å². The highest BCUT2D eigenvalue weighted by molar-refractivity contribution is 5.94. The molecule has 0 spiro atoms. The second kappa shape index (κ2) is 8.05. The zero-order valence-electron chi connectivity index (χ0n) is 14.8. The van der Waals surface area contributed by atoms with Crippen LogP contribution in [-0.2, 0) is 0 Å². The van der Waals surface area contributed by atoms with E-state index in [4.69, 9.17) is 0 Å². The molecule has 3 rings (SSSR count). The van der Waals surface area contributed by atoms with Crippen molar-refractivity contribution in [3.63, 3.8) is 0 Å². The van der Waals surface area contributed by atoms with Gasteiger partial charge in [0.05, 0.1) is 11.9 Å². The molecule has 0 bridgehead atoms. The second-order valence-electron chi connectivity index (χ2n) is 5.76. The number of nitriles is 1. The average molecular weight is 375 g/mol. The maximum absolute atomic E-state index is 13.2.